The number of carbonyl (C=O) groups is 2. The summed E-state index contributed by atoms with van der Waals surface area (Å²) in [7, 11) is 0. The second kappa shape index (κ2) is 6.68. The minimum Gasteiger partial charge on any atom is -0.326 e. The van der Waals surface area contributed by atoms with Crippen LogP contribution in [0.25, 0.3) is 6.08 Å². The van der Waals surface area contributed by atoms with Gasteiger partial charge in [0.05, 0.1) is 0 Å². The van der Waals surface area contributed by atoms with Gasteiger partial charge in [-0.25, -0.2) is 0 Å². The van der Waals surface area contributed by atoms with Crippen molar-refractivity contribution in [3.63, 3.8) is 0 Å². The van der Waals surface area contributed by atoms with Crippen molar-refractivity contribution in [2.24, 2.45) is 0 Å². The first-order chi connectivity index (χ1) is 9.63. The van der Waals surface area contributed by atoms with Gasteiger partial charge in [0.15, 0.2) is 0 Å². The molecule has 2 N–H and O–H groups in total. The molecule has 0 radical (unpaired) electrons. The maximum Gasteiger partial charge on any atom is 0.248 e. The van der Waals surface area contributed by atoms with Crippen molar-refractivity contribution < 1.29 is 9.59 Å². The number of anilines is 2. The van der Waals surface area contributed by atoms with Gasteiger partial charge in [-0.1, -0.05) is 6.07 Å². The number of benzene rings is 1. The molecule has 4 nitrogen and oxygen atoms in total. The van der Waals surface area contributed by atoms with Crippen molar-refractivity contribution in [2.45, 2.75) is 6.92 Å². The summed E-state index contributed by atoms with van der Waals surface area (Å²) in [6.45, 7) is 1.45. The molecule has 2 aromatic rings. The van der Waals surface area contributed by atoms with Crippen LogP contribution in [0.2, 0.25) is 0 Å². The average Bonchev–Trinajstić information content (AvgIpc) is 2.91. The van der Waals surface area contributed by atoms with Crippen LogP contribution in [0.3, 0.4) is 0 Å². The third-order valence-electron chi connectivity index (χ3n) is 2.41. The maximum atomic E-state index is 11.7. The molecular weight excluding hydrogens is 272 g/mol. The first-order valence-electron chi connectivity index (χ1n) is 6.04. The number of hydrogen-bond acceptors (Lipinski definition) is 3. The summed E-state index contributed by atoms with van der Waals surface area (Å²) in [6, 6.07) is 10.8. The van der Waals surface area contributed by atoms with E-state index >= 15 is 0 Å². The fourth-order valence-corrected chi connectivity index (χ4v) is 2.19. The van der Waals surface area contributed by atoms with Crippen LogP contribution < -0.4 is 10.6 Å². The van der Waals surface area contributed by atoms with Crippen LogP contribution in [0, 0.1) is 0 Å². The van der Waals surface area contributed by atoms with Crippen molar-refractivity contribution in [1.29, 1.82) is 0 Å². The lowest BCUT2D eigenvalue weighted by Crippen LogP contribution is -2.08. The Bertz CT molecular complexity index is 616. The van der Waals surface area contributed by atoms with Gasteiger partial charge in [0, 0.05) is 29.3 Å². The van der Waals surface area contributed by atoms with E-state index in [1.807, 2.05) is 17.5 Å². The lowest BCUT2D eigenvalue weighted by molar-refractivity contribution is -0.114. The molecule has 0 aliphatic heterocycles. The highest BCUT2D eigenvalue weighted by molar-refractivity contribution is 7.10. The van der Waals surface area contributed by atoms with Crippen LogP contribution in [-0.4, -0.2) is 11.8 Å². The second-order valence-corrected chi connectivity index (χ2v) is 5.08. The van der Waals surface area contributed by atoms with E-state index in [1.165, 1.54) is 13.0 Å². The lowest BCUT2D eigenvalue weighted by atomic mass is 10.2. The number of nitrogens with one attached hydrogen (secondary N) is 2. The molecule has 5 heteroatoms. The Hall–Kier alpha value is -2.40. The summed E-state index contributed by atoms with van der Waals surface area (Å²) >= 11 is 1.57. The first kappa shape index (κ1) is 14.0. The summed E-state index contributed by atoms with van der Waals surface area (Å²) < 4.78 is 0. The summed E-state index contributed by atoms with van der Waals surface area (Å²) in [4.78, 5) is 23.6. The molecule has 1 aromatic heterocycles. The first-order valence-corrected chi connectivity index (χ1v) is 6.92. The van der Waals surface area contributed by atoms with Crippen LogP contribution in [0.1, 0.15) is 11.8 Å². The van der Waals surface area contributed by atoms with Crippen LogP contribution >= 0.6 is 11.3 Å². The van der Waals surface area contributed by atoms with Gasteiger partial charge < -0.3 is 10.6 Å². The molecular formula is C15H14N2O2S. The van der Waals surface area contributed by atoms with Gasteiger partial charge in [-0.3, -0.25) is 9.59 Å². The maximum absolute atomic E-state index is 11.7. The Morgan fingerprint density at radius 3 is 2.25 bits per heavy atom. The van der Waals surface area contributed by atoms with E-state index in [0.29, 0.717) is 11.4 Å². The van der Waals surface area contributed by atoms with Crippen molar-refractivity contribution in [3.8, 4) is 0 Å². The van der Waals surface area contributed by atoms with Crippen molar-refractivity contribution in [1.82, 2.24) is 0 Å². The van der Waals surface area contributed by atoms with E-state index < -0.39 is 0 Å². The molecule has 20 heavy (non-hydrogen) atoms. The molecule has 1 aromatic carbocycles. The summed E-state index contributed by atoms with van der Waals surface area (Å²) in [5.74, 6) is -0.314. The number of hydrogen-bond donors (Lipinski definition) is 2. The third kappa shape index (κ3) is 4.37. The molecule has 1 heterocycles. The summed E-state index contributed by atoms with van der Waals surface area (Å²) in [5.41, 5.74) is 1.38. The van der Waals surface area contributed by atoms with E-state index in [9.17, 15) is 9.59 Å². The fraction of sp³-hybridized carbons (Fsp3) is 0.0667. The molecule has 0 spiro atoms. The van der Waals surface area contributed by atoms with Gasteiger partial charge in [-0.15, -0.1) is 11.3 Å². The van der Waals surface area contributed by atoms with E-state index in [0.717, 1.165) is 4.88 Å². The van der Waals surface area contributed by atoms with Gasteiger partial charge in [-0.05, 0) is 41.8 Å². The molecule has 2 amide bonds. The molecule has 0 unspecified atom stereocenters. The number of rotatable bonds is 4. The fourth-order valence-electron chi connectivity index (χ4n) is 1.57. The standard InChI is InChI=1S/C15H14N2O2S/c1-11(18)16-12-4-6-13(7-5-12)17-15(19)9-8-14-3-2-10-20-14/h2-10H,1H3,(H,16,18)(H,17,19). The monoisotopic (exact) mass is 286 g/mol. The average molecular weight is 286 g/mol. The van der Waals surface area contributed by atoms with Crippen LogP contribution in [0.5, 0.6) is 0 Å². The van der Waals surface area contributed by atoms with Crippen LogP contribution in [-0.2, 0) is 9.59 Å². The quantitative estimate of drug-likeness (QED) is 0.847. The predicted molar refractivity (Wildman–Crippen MR) is 82.7 cm³/mol. The molecule has 0 saturated carbocycles. The van der Waals surface area contributed by atoms with E-state index in [1.54, 1.807) is 41.7 Å². The van der Waals surface area contributed by atoms with Crippen molar-refractivity contribution in [3.05, 3.63) is 52.7 Å². The smallest absolute Gasteiger partial charge is 0.248 e. The topological polar surface area (TPSA) is 58.2 Å². The second-order valence-electron chi connectivity index (χ2n) is 4.10. The minimum absolute atomic E-state index is 0.124. The summed E-state index contributed by atoms with van der Waals surface area (Å²) in [5, 5.41) is 7.37. The van der Waals surface area contributed by atoms with Crippen LogP contribution in [0.4, 0.5) is 11.4 Å². The zero-order valence-corrected chi connectivity index (χ0v) is 11.7. The van der Waals surface area contributed by atoms with Gasteiger partial charge in [-0.2, -0.15) is 0 Å². The summed E-state index contributed by atoms with van der Waals surface area (Å²) in [6.07, 6.45) is 3.26. The van der Waals surface area contributed by atoms with E-state index in [4.69, 9.17) is 0 Å². The molecule has 0 fully saturated rings. The van der Waals surface area contributed by atoms with Crippen molar-refractivity contribution >= 4 is 40.6 Å². The SMILES string of the molecule is CC(=O)Nc1ccc(NC(=O)C=Cc2cccs2)cc1. The molecule has 0 saturated heterocycles. The number of amides is 2. The highest BCUT2D eigenvalue weighted by atomic mass is 32.1. The van der Waals surface area contributed by atoms with Crippen molar-refractivity contribution in [2.75, 3.05) is 10.6 Å². The zero-order valence-electron chi connectivity index (χ0n) is 10.9. The zero-order chi connectivity index (χ0) is 14.4. The molecule has 0 aliphatic rings. The Labute approximate surface area is 121 Å². The third-order valence-corrected chi connectivity index (χ3v) is 3.25. The van der Waals surface area contributed by atoms with E-state index in [-0.39, 0.29) is 11.8 Å². The van der Waals surface area contributed by atoms with Gasteiger partial charge in [0.1, 0.15) is 0 Å². The Morgan fingerprint density at radius 2 is 1.70 bits per heavy atom. The molecule has 0 aliphatic carbocycles. The number of thiophene rings is 1. The minimum atomic E-state index is -0.189. The van der Waals surface area contributed by atoms with Gasteiger partial charge >= 0.3 is 0 Å². The lowest BCUT2D eigenvalue weighted by Gasteiger charge is -2.04. The molecule has 2 rings (SSSR count). The van der Waals surface area contributed by atoms with Crippen LogP contribution in [0.15, 0.2) is 47.9 Å². The normalized spacial score (nSPS) is 10.4. The molecule has 0 bridgehead atoms. The molecule has 102 valence electrons. The Balaban J connectivity index is 1.92. The number of carbonyl (C=O) groups excluding carboxylic acids is 2. The Kier molecular flexibility index (Phi) is 4.68. The highest BCUT2D eigenvalue weighted by Gasteiger charge is 1.99. The largest absolute Gasteiger partial charge is 0.326 e. The van der Waals surface area contributed by atoms with Gasteiger partial charge in [0.25, 0.3) is 0 Å². The predicted octanol–water partition coefficient (Wildman–Crippen LogP) is 3.36. The van der Waals surface area contributed by atoms with Gasteiger partial charge in [0.2, 0.25) is 11.8 Å². The Morgan fingerprint density at radius 1 is 1.05 bits per heavy atom. The highest BCUT2D eigenvalue weighted by Crippen LogP contribution is 2.14. The van der Waals surface area contributed by atoms with E-state index in [2.05, 4.69) is 10.6 Å². The molecule has 0 atom stereocenters.